The number of aliphatic hydroxyl groups excluding tert-OH is 3. The number of nitrogens with one attached hydrogen (secondary N) is 3. The summed E-state index contributed by atoms with van der Waals surface area (Å²) in [6.45, 7) is 1.05. The molecule has 2 amide bonds. The molecule has 21 heteroatoms. The van der Waals surface area contributed by atoms with Crippen LogP contribution < -0.4 is 45.7 Å². The van der Waals surface area contributed by atoms with Crippen LogP contribution in [-0.2, 0) is 48.3 Å². The number of rotatable bonds is 33. The van der Waals surface area contributed by atoms with Crippen molar-refractivity contribution in [2.45, 2.75) is 196 Å². The molecule has 0 aromatic heterocycles. The molecule has 0 bridgehead atoms. The van der Waals surface area contributed by atoms with Crippen molar-refractivity contribution in [2.75, 3.05) is 31.3 Å². The molecule has 61 heavy (non-hydrogen) atoms. The van der Waals surface area contributed by atoms with Crippen molar-refractivity contribution in [1.82, 2.24) is 16.1 Å². The predicted molar refractivity (Wildman–Crippen MR) is 220 cm³/mol. The van der Waals surface area contributed by atoms with Crippen molar-refractivity contribution in [3.63, 3.8) is 0 Å². The molecular formula is C40H70N3NaO15S2. The molecule has 0 saturated carbocycles. The van der Waals surface area contributed by atoms with Crippen LogP contribution in [0.15, 0.2) is 0 Å². The zero-order chi connectivity index (χ0) is 43.8. The summed E-state index contributed by atoms with van der Waals surface area (Å²) >= 11 is 1.78. The number of amides is 2. The Kier molecular flexibility index (Phi) is 28.9. The van der Waals surface area contributed by atoms with Crippen molar-refractivity contribution >= 4 is 45.8 Å². The third kappa shape index (κ3) is 23.5. The number of hydrogen-bond donors (Lipinski definition) is 6. The number of carbonyl (C=O) groups is 4. The molecule has 3 saturated heterocycles. The maximum Gasteiger partial charge on any atom is 1.00 e. The largest absolute Gasteiger partial charge is 1.00 e. The second-order valence-electron chi connectivity index (χ2n) is 16.1. The van der Waals surface area contributed by atoms with Gasteiger partial charge >= 0.3 is 53.5 Å². The van der Waals surface area contributed by atoms with Crippen LogP contribution in [0.2, 0.25) is 0 Å². The zero-order valence-corrected chi connectivity index (χ0v) is 39.8. The molecule has 6 N–H and O–H groups in total. The van der Waals surface area contributed by atoms with E-state index >= 15 is 0 Å². The van der Waals surface area contributed by atoms with E-state index in [1.54, 1.807) is 11.8 Å². The van der Waals surface area contributed by atoms with Crippen LogP contribution in [0, 0.1) is 0 Å². The molecule has 3 aliphatic heterocycles. The fraction of sp³-hybridized carbons (Fsp3) is 0.900. The van der Waals surface area contributed by atoms with Crippen LogP contribution in [0.1, 0.15) is 142 Å². The van der Waals surface area contributed by atoms with E-state index in [9.17, 15) is 47.5 Å². The third-order valence-electron chi connectivity index (χ3n) is 10.8. The van der Waals surface area contributed by atoms with E-state index < -0.39 is 90.2 Å². The van der Waals surface area contributed by atoms with Crippen molar-refractivity contribution in [3.05, 3.63) is 0 Å². The number of fused-ring (bicyclic) bond motifs is 1. The Morgan fingerprint density at radius 2 is 1.43 bits per heavy atom. The van der Waals surface area contributed by atoms with Gasteiger partial charge < -0.3 is 54.3 Å². The number of urea groups is 1. The summed E-state index contributed by atoms with van der Waals surface area (Å²) in [4.78, 5) is 53.3. The number of aliphatic hydroxyl groups is 3. The summed E-state index contributed by atoms with van der Waals surface area (Å²) in [7, 11) is -4.99. The van der Waals surface area contributed by atoms with Crippen molar-refractivity contribution < 1.29 is 101 Å². The van der Waals surface area contributed by atoms with Gasteiger partial charge in [-0.3, -0.25) is 14.4 Å². The minimum Gasteiger partial charge on any atom is -0.748 e. The Labute approximate surface area is 387 Å². The van der Waals surface area contributed by atoms with Crippen LogP contribution in [0.5, 0.6) is 0 Å². The topological polar surface area (TPSA) is 268 Å². The van der Waals surface area contributed by atoms with Gasteiger partial charge in [0.25, 0.3) is 0 Å². The molecule has 9 atom stereocenters. The zero-order valence-electron chi connectivity index (χ0n) is 36.1. The number of thioether (sulfide) groups is 1. The standard InChI is InChI=1S/C40H71N3O15S2.Na/c1-2-3-4-5-6-7-8-9-10-11-12-13-14-15-16-20-32(45)54-24-28(44)25-55-39-37(49)36(48)38(30(56-39)27-60(51,52)53)57-33(46)22-23-41-58-34(47)21-18-17-19-31-35-29(26-59-31)42-40(50)43-35;/h28-31,35-39,41,44,48-49H,2-27H2,1H3,(H2,42,43,50)(H,51,52,53);/q;+1/p-1/t28?,29-,30?,31-,35-,36?,37?,38?,39?;/m0./s1. The van der Waals surface area contributed by atoms with Gasteiger partial charge in [-0.2, -0.15) is 17.2 Å². The van der Waals surface area contributed by atoms with E-state index in [0.717, 1.165) is 37.9 Å². The molecule has 348 valence electrons. The first-order valence-corrected chi connectivity index (χ1v) is 24.6. The van der Waals surface area contributed by atoms with Crippen LogP contribution in [0.4, 0.5) is 4.79 Å². The fourth-order valence-electron chi connectivity index (χ4n) is 7.48. The minimum atomic E-state index is -4.99. The number of hydroxylamine groups is 1. The Morgan fingerprint density at radius 3 is 2.05 bits per heavy atom. The predicted octanol–water partition coefficient (Wildman–Crippen LogP) is 0.240. The molecular weight excluding hydrogens is 850 g/mol. The average molecular weight is 920 g/mol. The van der Waals surface area contributed by atoms with E-state index in [-0.39, 0.29) is 72.3 Å². The summed E-state index contributed by atoms with van der Waals surface area (Å²) in [6.07, 6.45) is 9.59. The second kappa shape index (κ2) is 31.6. The fourth-order valence-corrected chi connectivity index (χ4v) is 9.70. The van der Waals surface area contributed by atoms with Crippen molar-refractivity contribution in [2.24, 2.45) is 0 Å². The molecule has 0 radical (unpaired) electrons. The van der Waals surface area contributed by atoms with Gasteiger partial charge in [-0.1, -0.05) is 103 Å². The molecule has 0 aliphatic carbocycles. The molecule has 0 aromatic rings. The SMILES string of the molecule is CCCCCCCCCCCCCCCCCC(=O)OCC(O)COC1OC(CS(=O)(=O)[O-])C(OC(=O)CCNOC(=O)CCCC[C@@H]2SC[C@@H]3NC(=O)N[C@@H]32)C(O)C1O.[Na+]. The minimum absolute atomic E-state index is 0. The smallest absolute Gasteiger partial charge is 0.748 e. The molecule has 18 nitrogen and oxygen atoms in total. The number of ether oxygens (including phenoxy) is 4. The Hall–Kier alpha value is -1.30. The maximum atomic E-state index is 12.6. The van der Waals surface area contributed by atoms with Gasteiger partial charge in [-0.15, -0.1) is 0 Å². The number of unbranched alkanes of at least 4 members (excludes halogenated alkanes) is 15. The first kappa shape index (κ1) is 55.8. The van der Waals surface area contributed by atoms with Gasteiger partial charge in [0.15, 0.2) is 12.4 Å². The first-order chi connectivity index (χ1) is 28.8. The Bertz CT molecular complexity index is 1390. The van der Waals surface area contributed by atoms with E-state index in [0.29, 0.717) is 12.8 Å². The van der Waals surface area contributed by atoms with Gasteiger partial charge in [-0.25, -0.2) is 13.2 Å². The third-order valence-corrected chi connectivity index (χ3v) is 13.1. The first-order valence-electron chi connectivity index (χ1n) is 22.0. The Morgan fingerprint density at radius 1 is 0.836 bits per heavy atom. The molecule has 3 aliphatic rings. The van der Waals surface area contributed by atoms with Crippen LogP contribution in [0.25, 0.3) is 0 Å². The van der Waals surface area contributed by atoms with Gasteiger partial charge in [0.2, 0.25) is 0 Å². The van der Waals surface area contributed by atoms with Gasteiger partial charge in [0.1, 0.15) is 31.0 Å². The van der Waals surface area contributed by atoms with Crippen LogP contribution >= 0.6 is 11.8 Å². The monoisotopic (exact) mass is 919 g/mol. The molecule has 3 heterocycles. The number of carbonyl (C=O) groups excluding carboxylic acids is 4. The van der Waals surface area contributed by atoms with Gasteiger partial charge in [-0.05, 0) is 19.3 Å². The molecule has 3 rings (SSSR count). The summed E-state index contributed by atoms with van der Waals surface area (Å²) in [5.41, 5.74) is 2.35. The summed E-state index contributed by atoms with van der Waals surface area (Å²) in [5, 5.41) is 37.8. The maximum absolute atomic E-state index is 12.6. The summed E-state index contributed by atoms with van der Waals surface area (Å²) in [6, 6.07) is 0.0445. The van der Waals surface area contributed by atoms with Gasteiger partial charge in [0.05, 0.1) is 41.0 Å². The number of hydrogen-bond acceptors (Lipinski definition) is 17. The van der Waals surface area contributed by atoms with Crippen molar-refractivity contribution in [1.29, 1.82) is 0 Å². The Balaban J connectivity index is 0.0000128. The van der Waals surface area contributed by atoms with Crippen molar-refractivity contribution in [3.8, 4) is 0 Å². The van der Waals surface area contributed by atoms with Crippen LogP contribution in [0.3, 0.4) is 0 Å². The van der Waals surface area contributed by atoms with Gasteiger partial charge in [0, 0.05) is 30.4 Å². The summed E-state index contributed by atoms with van der Waals surface area (Å²) in [5.74, 6) is -2.44. The van der Waals surface area contributed by atoms with E-state index in [1.807, 2.05) is 0 Å². The average Bonchev–Trinajstić information content (AvgIpc) is 3.76. The number of esters is 2. The van der Waals surface area contributed by atoms with Crippen LogP contribution in [-0.4, -0.2) is 138 Å². The molecule has 0 spiro atoms. The molecule has 3 fully saturated rings. The normalized spacial score (nSPS) is 25.2. The van der Waals surface area contributed by atoms with E-state index in [4.69, 9.17) is 23.8 Å². The second-order valence-corrected chi connectivity index (χ2v) is 18.8. The summed E-state index contributed by atoms with van der Waals surface area (Å²) < 4.78 is 56.0. The molecule has 0 aromatic carbocycles. The van der Waals surface area contributed by atoms with E-state index in [1.165, 1.54) is 70.6 Å². The van der Waals surface area contributed by atoms with E-state index in [2.05, 4.69) is 23.0 Å². The quantitative estimate of drug-likeness (QED) is 0.00979. The molecule has 6 unspecified atom stereocenters.